The van der Waals surface area contributed by atoms with Gasteiger partial charge in [0.1, 0.15) is 5.65 Å². The van der Waals surface area contributed by atoms with E-state index in [0.29, 0.717) is 17.8 Å². The molecule has 0 radical (unpaired) electrons. The van der Waals surface area contributed by atoms with Gasteiger partial charge in [0.15, 0.2) is 0 Å². The number of aromatic nitrogens is 3. The lowest BCUT2D eigenvalue weighted by atomic mass is 10.1. The number of fused-ring (bicyclic) bond motifs is 3. The van der Waals surface area contributed by atoms with Crippen LogP contribution in [-0.4, -0.2) is 19.1 Å². The summed E-state index contributed by atoms with van der Waals surface area (Å²) in [7, 11) is 0. The van der Waals surface area contributed by atoms with Crippen LogP contribution in [0.2, 0.25) is 0 Å². The summed E-state index contributed by atoms with van der Waals surface area (Å²) in [6.07, 6.45) is 0. The van der Waals surface area contributed by atoms with Crippen molar-refractivity contribution in [1.82, 2.24) is 14.2 Å². The first-order valence-corrected chi connectivity index (χ1v) is 7.51. The van der Waals surface area contributed by atoms with Crippen molar-refractivity contribution >= 4 is 28.1 Å². The number of hydrogen-bond acceptors (Lipinski definition) is 4. The smallest absolute Gasteiger partial charge is 0.274 e. The van der Waals surface area contributed by atoms with Crippen LogP contribution in [0.25, 0.3) is 16.7 Å². The molecule has 0 unspecified atom stereocenters. The number of nitrogens with zero attached hydrogens (tertiary/aromatic N) is 4. The van der Waals surface area contributed by atoms with Crippen LogP contribution in [-0.2, 0) is 6.54 Å². The molecule has 4 aromatic rings. The molecule has 0 saturated carbocycles. The first-order valence-electron chi connectivity index (χ1n) is 7.51. The Morgan fingerprint density at radius 2 is 1.96 bits per heavy atom. The lowest BCUT2D eigenvalue weighted by Crippen LogP contribution is -2.03. The Balaban J connectivity index is 1.98. The van der Waals surface area contributed by atoms with Crippen LogP contribution >= 0.6 is 0 Å². The minimum absolute atomic E-state index is 0.109. The molecule has 2 N–H and O–H groups in total. The molecular weight excluding hydrogens is 306 g/mol. The summed E-state index contributed by atoms with van der Waals surface area (Å²) in [5.41, 5.74) is 10.9. The van der Waals surface area contributed by atoms with E-state index in [1.54, 1.807) is 18.2 Å². The minimum atomic E-state index is -0.353. The summed E-state index contributed by atoms with van der Waals surface area (Å²) < 4.78 is 3.85. The molecule has 120 valence electrons. The summed E-state index contributed by atoms with van der Waals surface area (Å²) in [6.45, 7) is 2.30. The molecule has 0 aliphatic rings. The number of nitrogen functional groups attached to an aromatic ring is 1. The molecule has 2 aromatic carbocycles. The van der Waals surface area contributed by atoms with Gasteiger partial charge in [-0.25, -0.2) is 4.52 Å². The van der Waals surface area contributed by atoms with Gasteiger partial charge in [-0.05, 0) is 25.1 Å². The van der Waals surface area contributed by atoms with Gasteiger partial charge in [0.05, 0.1) is 28.2 Å². The van der Waals surface area contributed by atoms with E-state index in [1.165, 1.54) is 6.07 Å². The topological polar surface area (TPSA) is 91.4 Å². The molecule has 7 nitrogen and oxygen atoms in total. The van der Waals surface area contributed by atoms with E-state index in [1.807, 2.05) is 40.3 Å². The van der Waals surface area contributed by atoms with E-state index >= 15 is 0 Å². The lowest BCUT2D eigenvalue weighted by molar-refractivity contribution is -0.385. The predicted molar refractivity (Wildman–Crippen MR) is 92.0 cm³/mol. The fourth-order valence-electron chi connectivity index (χ4n) is 3.07. The average molecular weight is 321 g/mol. The molecule has 0 spiro atoms. The second kappa shape index (κ2) is 5.09. The molecule has 7 heteroatoms. The third-order valence-corrected chi connectivity index (χ3v) is 4.12. The lowest BCUT2D eigenvalue weighted by Gasteiger charge is -2.07. The number of benzene rings is 2. The van der Waals surface area contributed by atoms with Crippen LogP contribution in [0.1, 0.15) is 11.3 Å². The second-order valence-electron chi connectivity index (χ2n) is 5.78. The highest BCUT2D eigenvalue weighted by atomic mass is 16.6. The first kappa shape index (κ1) is 14.3. The number of para-hydroxylation sites is 1. The Morgan fingerprint density at radius 1 is 1.17 bits per heavy atom. The number of nitro benzene ring substituents is 1. The van der Waals surface area contributed by atoms with Gasteiger partial charge >= 0.3 is 0 Å². The summed E-state index contributed by atoms with van der Waals surface area (Å²) in [6, 6.07) is 14.4. The summed E-state index contributed by atoms with van der Waals surface area (Å²) in [4.78, 5) is 10.9. The van der Waals surface area contributed by atoms with E-state index in [2.05, 4.69) is 5.10 Å². The zero-order valence-corrected chi connectivity index (χ0v) is 13.0. The summed E-state index contributed by atoms with van der Waals surface area (Å²) in [5.74, 6) is 0. The third kappa shape index (κ3) is 2.10. The van der Waals surface area contributed by atoms with Crippen LogP contribution in [0, 0.1) is 17.0 Å². The number of imidazole rings is 1. The van der Waals surface area contributed by atoms with Gasteiger partial charge < -0.3 is 10.3 Å². The molecule has 0 fully saturated rings. The quantitative estimate of drug-likeness (QED) is 0.356. The first-order chi connectivity index (χ1) is 11.5. The zero-order chi connectivity index (χ0) is 16.8. The Bertz CT molecular complexity index is 1090. The van der Waals surface area contributed by atoms with E-state index in [0.717, 1.165) is 22.4 Å². The van der Waals surface area contributed by atoms with Gasteiger partial charge in [0, 0.05) is 23.4 Å². The normalized spacial score (nSPS) is 11.4. The maximum atomic E-state index is 11.3. The Hall–Kier alpha value is -3.35. The largest absolute Gasteiger partial charge is 0.399 e. The molecule has 4 rings (SSSR count). The SMILES string of the molecule is Cc1cc2n(Cc3ccccc3[N+](=O)[O-])c3cc(N)ccc3n2n1. The predicted octanol–water partition coefficient (Wildman–Crippen LogP) is 3.14. The number of nitrogens with two attached hydrogens (primary N) is 1. The van der Waals surface area contributed by atoms with Crippen LogP contribution in [0.15, 0.2) is 48.5 Å². The molecule has 0 amide bonds. The second-order valence-corrected chi connectivity index (χ2v) is 5.78. The van der Waals surface area contributed by atoms with E-state index < -0.39 is 0 Å². The van der Waals surface area contributed by atoms with Crippen molar-refractivity contribution in [3.8, 4) is 0 Å². The standard InChI is InChI=1S/C17H15N5O2/c1-11-8-17-20(10-12-4-2-3-5-14(12)22(23)24)16-9-13(18)6-7-15(16)21(17)19-11/h2-9H,10,18H2,1H3. The number of hydrogen-bond donors (Lipinski definition) is 1. The van der Waals surface area contributed by atoms with Crippen LogP contribution in [0.3, 0.4) is 0 Å². The number of rotatable bonds is 3. The number of aryl methyl sites for hydroxylation is 1. The van der Waals surface area contributed by atoms with Gasteiger partial charge in [-0.15, -0.1) is 0 Å². The fourth-order valence-corrected chi connectivity index (χ4v) is 3.07. The zero-order valence-electron chi connectivity index (χ0n) is 13.0. The maximum absolute atomic E-state index is 11.3. The fraction of sp³-hybridized carbons (Fsp3) is 0.118. The van der Waals surface area contributed by atoms with Crippen molar-refractivity contribution < 1.29 is 4.92 Å². The van der Waals surface area contributed by atoms with Gasteiger partial charge in [-0.2, -0.15) is 5.10 Å². The molecule has 0 saturated heterocycles. The van der Waals surface area contributed by atoms with Crippen molar-refractivity contribution in [2.45, 2.75) is 13.5 Å². The molecule has 0 bridgehead atoms. The monoisotopic (exact) mass is 321 g/mol. The molecule has 0 aliphatic carbocycles. The van der Waals surface area contributed by atoms with Gasteiger partial charge in [-0.3, -0.25) is 10.1 Å². The summed E-state index contributed by atoms with van der Waals surface area (Å²) >= 11 is 0. The van der Waals surface area contributed by atoms with Crippen molar-refractivity contribution in [3.63, 3.8) is 0 Å². The van der Waals surface area contributed by atoms with Crippen molar-refractivity contribution in [1.29, 1.82) is 0 Å². The van der Waals surface area contributed by atoms with Gasteiger partial charge in [0.25, 0.3) is 5.69 Å². The molecule has 24 heavy (non-hydrogen) atoms. The van der Waals surface area contributed by atoms with E-state index in [9.17, 15) is 10.1 Å². The van der Waals surface area contributed by atoms with Crippen LogP contribution < -0.4 is 5.73 Å². The van der Waals surface area contributed by atoms with E-state index in [-0.39, 0.29) is 10.6 Å². The average Bonchev–Trinajstić information content (AvgIpc) is 3.04. The highest BCUT2D eigenvalue weighted by Gasteiger charge is 2.17. The summed E-state index contributed by atoms with van der Waals surface area (Å²) in [5, 5.41) is 15.8. The molecule has 2 aromatic heterocycles. The number of anilines is 1. The van der Waals surface area contributed by atoms with Crippen LogP contribution in [0.4, 0.5) is 11.4 Å². The Labute approximate surface area is 137 Å². The molecular formula is C17H15N5O2. The van der Waals surface area contributed by atoms with Crippen molar-refractivity contribution in [2.24, 2.45) is 0 Å². The Morgan fingerprint density at radius 3 is 2.75 bits per heavy atom. The van der Waals surface area contributed by atoms with Gasteiger partial charge in [0.2, 0.25) is 0 Å². The molecule has 0 atom stereocenters. The number of nitro groups is 1. The minimum Gasteiger partial charge on any atom is -0.399 e. The highest BCUT2D eigenvalue weighted by Crippen LogP contribution is 2.27. The van der Waals surface area contributed by atoms with Crippen molar-refractivity contribution in [3.05, 3.63) is 69.9 Å². The third-order valence-electron chi connectivity index (χ3n) is 4.12. The van der Waals surface area contributed by atoms with Gasteiger partial charge in [-0.1, -0.05) is 18.2 Å². The molecule has 2 heterocycles. The van der Waals surface area contributed by atoms with Crippen molar-refractivity contribution in [2.75, 3.05) is 5.73 Å². The Kier molecular flexibility index (Phi) is 3.02. The molecule has 0 aliphatic heterocycles. The highest BCUT2D eigenvalue weighted by molar-refractivity contribution is 5.84. The maximum Gasteiger partial charge on any atom is 0.274 e. The van der Waals surface area contributed by atoms with Crippen LogP contribution in [0.5, 0.6) is 0 Å². The van der Waals surface area contributed by atoms with E-state index in [4.69, 9.17) is 5.73 Å².